The second-order valence-electron chi connectivity index (χ2n) is 4.52. The van der Waals surface area contributed by atoms with Gasteiger partial charge in [0.15, 0.2) is 5.43 Å². The van der Waals surface area contributed by atoms with Crippen LogP contribution in [0.25, 0.3) is 22.1 Å². The van der Waals surface area contributed by atoms with Gasteiger partial charge in [-0.3, -0.25) is 4.79 Å². The van der Waals surface area contributed by atoms with Gasteiger partial charge < -0.3 is 19.4 Å². The van der Waals surface area contributed by atoms with Crippen molar-refractivity contribution in [2.45, 2.75) is 0 Å². The molecule has 3 rings (SSSR count). The van der Waals surface area contributed by atoms with E-state index in [-0.39, 0.29) is 22.3 Å². The van der Waals surface area contributed by atoms with Crippen molar-refractivity contribution in [1.82, 2.24) is 0 Å². The van der Waals surface area contributed by atoms with Crippen molar-refractivity contribution in [3.63, 3.8) is 0 Å². The molecule has 0 aliphatic rings. The van der Waals surface area contributed by atoms with Crippen molar-refractivity contribution in [2.75, 3.05) is 7.11 Å². The Kier molecular flexibility index (Phi) is 3.02. The second kappa shape index (κ2) is 4.86. The van der Waals surface area contributed by atoms with Crippen LogP contribution in [0.1, 0.15) is 0 Å². The molecule has 1 N–H and O–H groups in total. The lowest BCUT2D eigenvalue weighted by atomic mass is 10.0. The summed E-state index contributed by atoms with van der Waals surface area (Å²) >= 11 is 0. The maximum Gasteiger partial charge on any atom is 0.199 e. The first-order valence-electron chi connectivity index (χ1n) is 6.20. The van der Waals surface area contributed by atoms with Crippen LogP contribution in [-0.4, -0.2) is 12.2 Å². The fourth-order valence-electron chi connectivity index (χ4n) is 2.17. The minimum absolute atomic E-state index is 0.0684. The number of benzene rings is 2. The van der Waals surface area contributed by atoms with E-state index >= 15 is 0 Å². The van der Waals surface area contributed by atoms with Crippen molar-refractivity contribution >= 4 is 11.0 Å². The van der Waals surface area contributed by atoms with Crippen LogP contribution >= 0.6 is 0 Å². The maximum absolute atomic E-state index is 12.4. The predicted molar refractivity (Wildman–Crippen MR) is 75.6 cm³/mol. The molecular weight excluding hydrogens is 272 g/mol. The highest BCUT2D eigenvalue weighted by Gasteiger charge is 2.10. The Balaban J connectivity index is 2.24. The number of aromatic hydroxyl groups is 1. The number of hydrogen-bond donors (Lipinski definition) is 1. The van der Waals surface area contributed by atoms with Crippen LogP contribution in [0, 0.1) is 0 Å². The predicted octanol–water partition coefficient (Wildman–Crippen LogP) is 2.25. The number of rotatable bonds is 2. The molecule has 0 bridgehead atoms. The molecule has 0 spiro atoms. The van der Waals surface area contributed by atoms with E-state index in [1.54, 1.807) is 31.4 Å². The van der Waals surface area contributed by atoms with Gasteiger partial charge in [-0.05, 0) is 23.8 Å². The van der Waals surface area contributed by atoms with E-state index in [1.807, 2.05) is 0 Å². The molecule has 1 heterocycles. The van der Waals surface area contributed by atoms with Gasteiger partial charge in [0.1, 0.15) is 23.3 Å². The fourth-order valence-corrected chi connectivity index (χ4v) is 2.17. The van der Waals surface area contributed by atoms with E-state index in [9.17, 15) is 15.0 Å². The summed E-state index contributed by atoms with van der Waals surface area (Å²) in [4.78, 5) is 12.4. The van der Waals surface area contributed by atoms with E-state index < -0.39 is 11.2 Å². The topological polar surface area (TPSA) is 82.7 Å². The van der Waals surface area contributed by atoms with Gasteiger partial charge >= 0.3 is 0 Å². The second-order valence-corrected chi connectivity index (χ2v) is 4.52. The Morgan fingerprint density at radius 2 is 1.90 bits per heavy atom. The van der Waals surface area contributed by atoms with Crippen LogP contribution in [0.5, 0.6) is 17.2 Å². The van der Waals surface area contributed by atoms with Crippen molar-refractivity contribution in [2.24, 2.45) is 0 Å². The molecule has 0 unspecified atom stereocenters. The average Bonchev–Trinajstić information content (AvgIpc) is 2.47. The largest absolute Gasteiger partial charge is 0.872 e. The molecule has 0 aliphatic carbocycles. The molecule has 0 fully saturated rings. The lowest BCUT2D eigenvalue weighted by molar-refractivity contribution is -0.266. The molecule has 0 saturated heterocycles. The van der Waals surface area contributed by atoms with Crippen LogP contribution in [-0.2, 0) is 0 Å². The molecule has 5 heteroatoms. The van der Waals surface area contributed by atoms with Gasteiger partial charge in [-0.2, -0.15) is 0 Å². The van der Waals surface area contributed by atoms with Gasteiger partial charge in [0, 0.05) is 6.07 Å². The SMILES string of the molecule is COc1ccc(-c2coc3cc(O)cc([O-])c3c2=O)cc1. The summed E-state index contributed by atoms with van der Waals surface area (Å²) in [5.41, 5.74) is 0.556. The lowest BCUT2D eigenvalue weighted by Crippen LogP contribution is -2.07. The molecule has 0 amide bonds. The number of methoxy groups -OCH3 is 1. The minimum Gasteiger partial charge on any atom is -0.872 e. The summed E-state index contributed by atoms with van der Waals surface area (Å²) in [5.74, 6) is -0.125. The third-order valence-electron chi connectivity index (χ3n) is 3.23. The fraction of sp³-hybridized carbons (Fsp3) is 0.0625. The zero-order valence-corrected chi connectivity index (χ0v) is 11.1. The number of ether oxygens (including phenoxy) is 1. The van der Waals surface area contributed by atoms with E-state index in [2.05, 4.69) is 0 Å². The van der Waals surface area contributed by atoms with Gasteiger partial charge in [0.2, 0.25) is 0 Å². The Morgan fingerprint density at radius 1 is 1.19 bits per heavy atom. The zero-order chi connectivity index (χ0) is 15.0. The Bertz CT molecular complexity index is 862. The van der Waals surface area contributed by atoms with E-state index in [0.717, 1.165) is 6.07 Å². The summed E-state index contributed by atoms with van der Waals surface area (Å²) < 4.78 is 10.4. The summed E-state index contributed by atoms with van der Waals surface area (Å²) in [6.45, 7) is 0. The highest BCUT2D eigenvalue weighted by atomic mass is 16.5. The zero-order valence-electron chi connectivity index (χ0n) is 11.1. The van der Waals surface area contributed by atoms with Gasteiger partial charge in [-0.25, -0.2) is 0 Å². The quantitative estimate of drug-likeness (QED) is 0.780. The highest BCUT2D eigenvalue weighted by Crippen LogP contribution is 2.28. The summed E-state index contributed by atoms with van der Waals surface area (Å²) in [5, 5.41) is 21.2. The molecule has 106 valence electrons. The van der Waals surface area contributed by atoms with Crippen LogP contribution in [0.2, 0.25) is 0 Å². The molecule has 0 radical (unpaired) electrons. The molecule has 3 aromatic rings. The van der Waals surface area contributed by atoms with E-state index in [4.69, 9.17) is 9.15 Å². The highest BCUT2D eigenvalue weighted by molar-refractivity contribution is 5.87. The third kappa shape index (κ3) is 2.18. The van der Waals surface area contributed by atoms with Gasteiger partial charge in [0.25, 0.3) is 0 Å². The Labute approximate surface area is 119 Å². The van der Waals surface area contributed by atoms with Crippen molar-refractivity contribution in [3.05, 3.63) is 52.9 Å². The first-order chi connectivity index (χ1) is 10.1. The van der Waals surface area contributed by atoms with Gasteiger partial charge in [0.05, 0.1) is 18.1 Å². The van der Waals surface area contributed by atoms with E-state index in [0.29, 0.717) is 11.3 Å². The average molecular weight is 283 g/mol. The van der Waals surface area contributed by atoms with Gasteiger partial charge in [-0.15, -0.1) is 0 Å². The smallest absolute Gasteiger partial charge is 0.199 e. The van der Waals surface area contributed by atoms with Crippen LogP contribution in [0.4, 0.5) is 0 Å². The number of hydrogen-bond acceptors (Lipinski definition) is 5. The number of phenols is 1. The molecule has 1 aromatic heterocycles. The summed E-state index contributed by atoms with van der Waals surface area (Å²) in [6, 6.07) is 9.10. The molecule has 2 aromatic carbocycles. The van der Waals surface area contributed by atoms with Crippen LogP contribution in [0.3, 0.4) is 0 Å². The standard InChI is InChI=1S/C16H12O5/c1-20-11-4-2-9(3-5-11)12-8-21-14-7-10(17)6-13(18)15(14)16(12)19/h2-8,17-18H,1H3/p-1. The Hall–Kier alpha value is -2.95. The molecule has 5 nitrogen and oxygen atoms in total. The lowest BCUT2D eigenvalue weighted by Gasteiger charge is -2.11. The molecule has 0 saturated carbocycles. The monoisotopic (exact) mass is 283 g/mol. The molecule has 0 aliphatic heterocycles. The molecule has 21 heavy (non-hydrogen) atoms. The van der Waals surface area contributed by atoms with Crippen molar-refractivity contribution in [3.8, 4) is 28.4 Å². The van der Waals surface area contributed by atoms with Crippen LogP contribution in [0.15, 0.2) is 51.9 Å². The first kappa shape index (κ1) is 13.1. The first-order valence-corrected chi connectivity index (χ1v) is 6.20. The van der Waals surface area contributed by atoms with E-state index in [1.165, 1.54) is 12.3 Å². The minimum atomic E-state index is -0.561. The number of fused-ring (bicyclic) bond motifs is 1. The van der Waals surface area contributed by atoms with Crippen LogP contribution < -0.4 is 15.3 Å². The number of phenolic OH excluding ortho intramolecular Hbond substituents is 1. The summed E-state index contributed by atoms with van der Waals surface area (Å²) in [6.07, 6.45) is 1.28. The van der Waals surface area contributed by atoms with Crippen molar-refractivity contribution < 1.29 is 19.4 Å². The normalized spacial score (nSPS) is 10.7. The third-order valence-corrected chi connectivity index (χ3v) is 3.23. The van der Waals surface area contributed by atoms with Gasteiger partial charge in [-0.1, -0.05) is 17.9 Å². The Morgan fingerprint density at radius 3 is 2.57 bits per heavy atom. The van der Waals surface area contributed by atoms with Crippen molar-refractivity contribution in [1.29, 1.82) is 0 Å². The summed E-state index contributed by atoms with van der Waals surface area (Å²) in [7, 11) is 1.55. The molecule has 0 atom stereocenters. The maximum atomic E-state index is 12.4. The molecular formula is C16H11O5-.